The predicted octanol–water partition coefficient (Wildman–Crippen LogP) is 3.62. The van der Waals surface area contributed by atoms with Crippen LogP contribution in [0.25, 0.3) is 0 Å². The molecule has 112 valence electrons. The molecule has 1 aromatic carbocycles. The van der Waals surface area contributed by atoms with Gasteiger partial charge in [-0.15, -0.1) is 0 Å². The lowest BCUT2D eigenvalue weighted by molar-refractivity contribution is 0.381. The predicted molar refractivity (Wildman–Crippen MR) is 80.2 cm³/mol. The van der Waals surface area contributed by atoms with E-state index in [0.717, 1.165) is 12.8 Å². The van der Waals surface area contributed by atoms with Crippen molar-refractivity contribution in [3.63, 3.8) is 0 Å². The fraction of sp³-hybridized carbons (Fsp3) is 0.357. The molecule has 0 aliphatic heterocycles. The van der Waals surface area contributed by atoms with E-state index in [2.05, 4.69) is 9.88 Å². The van der Waals surface area contributed by atoms with Crippen molar-refractivity contribution in [3.05, 3.63) is 40.2 Å². The van der Waals surface area contributed by atoms with E-state index < -0.39 is 10.0 Å². The van der Waals surface area contributed by atoms with Gasteiger partial charge in [0, 0.05) is 10.9 Å². The molecular formula is C14H15ClN2O3S. The summed E-state index contributed by atoms with van der Waals surface area (Å²) in [5.74, 6) is 0.901. The van der Waals surface area contributed by atoms with Crippen molar-refractivity contribution in [2.75, 3.05) is 4.72 Å². The molecular weight excluding hydrogens is 312 g/mol. The van der Waals surface area contributed by atoms with Crippen molar-refractivity contribution in [2.45, 2.75) is 37.5 Å². The third-order valence-electron chi connectivity index (χ3n) is 3.50. The molecule has 0 saturated heterocycles. The van der Waals surface area contributed by atoms with Crippen LogP contribution in [0.1, 0.15) is 35.8 Å². The van der Waals surface area contributed by atoms with Crippen molar-refractivity contribution in [3.8, 4) is 0 Å². The number of aromatic nitrogens is 1. The molecule has 2 aromatic rings. The highest BCUT2D eigenvalue weighted by Crippen LogP contribution is 2.44. The number of nitrogens with zero attached hydrogens (tertiary/aromatic N) is 1. The Hall–Kier alpha value is -1.53. The maximum Gasteiger partial charge on any atom is 0.262 e. The van der Waals surface area contributed by atoms with E-state index in [1.54, 1.807) is 26.0 Å². The largest absolute Gasteiger partial charge is 0.359 e. The fourth-order valence-corrected chi connectivity index (χ4v) is 3.82. The summed E-state index contributed by atoms with van der Waals surface area (Å²) in [6.45, 7) is 3.44. The number of hydrogen-bond donors (Lipinski definition) is 1. The summed E-state index contributed by atoms with van der Waals surface area (Å²) in [7, 11) is -3.69. The maximum absolute atomic E-state index is 12.6. The summed E-state index contributed by atoms with van der Waals surface area (Å²) in [6.07, 6.45) is 2.01. The van der Waals surface area contributed by atoms with Gasteiger partial charge in [-0.05, 0) is 50.5 Å². The molecule has 1 aliphatic rings. The number of aryl methyl sites for hydroxylation is 2. The van der Waals surface area contributed by atoms with Gasteiger partial charge in [-0.2, -0.15) is 0 Å². The quantitative estimate of drug-likeness (QED) is 0.931. The fourth-order valence-electron chi connectivity index (χ4n) is 2.24. The molecule has 1 N–H and O–H groups in total. The first-order chi connectivity index (χ1) is 9.88. The first kappa shape index (κ1) is 14.4. The minimum Gasteiger partial charge on any atom is -0.359 e. The molecule has 1 aliphatic carbocycles. The number of sulfonamides is 1. The average Bonchev–Trinajstić information content (AvgIpc) is 3.16. The lowest BCUT2D eigenvalue weighted by atomic mass is 10.2. The number of halogens is 1. The molecule has 21 heavy (non-hydrogen) atoms. The third kappa shape index (κ3) is 2.78. The van der Waals surface area contributed by atoms with Gasteiger partial charge in [0.05, 0.1) is 4.90 Å². The van der Waals surface area contributed by atoms with Crippen molar-refractivity contribution in [1.29, 1.82) is 0 Å². The minimum absolute atomic E-state index is 0.203. The second-order valence-electron chi connectivity index (χ2n) is 5.30. The Balaban J connectivity index is 1.98. The Morgan fingerprint density at radius 2 is 2.05 bits per heavy atom. The summed E-state index contributed by atoms with van der Waals surface area (Å²) >= 11 is 5.87. The maximum atomic E-state index is 12.6. The topological polar surface area (TPSA) is 72.2 Å². The molecule has 0 unspecified atom stereocenters. The van der Waals surface area contributed by atoms with Gasteiger partial charge < -0.3 is 4.52 Å². The van der Waals surface area contributed by atoms with E-state index in [9.17, 15) is 8.42 Å². The van der Waals surface area contributed by atoms with Crippen LogP contribution in [0.3, 0.4) is 0 Å². The van der Waals surface area contributed by atoms with Crippen molar-refractivity contribution < 1.29 is 12.9 Å². The van der Waals surface area contributed by atoms with Crippen LogP contribution in [0.5, 0.6) is 0 Å². The molecule has 0 amide bonds. The molecule has 1 aromatic heterocycles. The zero-order valence-electron chi connectivity index (χ0n) is 11.7. The number of hydrogen-bond acceptors (Lipinski definition) is 4. The summed E-state index contributed by atoms with van der Waals surface area (Å²) in [5, 5.41) is 4.37. The molecule has 0 bridgehead atoms. The second-order valence-corrected chi connectivity index (χ2v) is 7.38. The van der Waals surface area contributed by atoms with E-state index >= 15 is 0 Å². The zero-order chi connectivity index (χ0) is 15.2. The zero-order valence-corrected chi connectivity index (χ0v) is 13.3. The molecule has 1 saturated carbocycles. The lowest BCUT2D eigenvalue weighted by Gasteiger charge is -2.10. The standard InChI is InChI=1S/C14H15ClN2O3S/c1-8-7-11(15)5-6-12(8)21(18,19)17-13-9(2)16-20-14(13)10-3-4-10/h5-7,10,17H,3-4H2,1-2H3. The molecule has 3 rings (SSSR count). The van der Waals surface area contributed by atoms with E-state index in [-0.39, 0.29) is 10.8 Å². The average molecular weight is 327 g/mol. The smallest absolute Gasteiger partial charge is 0.262 e. The number of nitrogens with one attached hydrogen (secondary N) is 1. The van der Waals surface area contributed by atoms with E-state index in [4.69, 9.17) is 16.1 Å². The number of rotatable bonds is 4. The molecule has 1 fully saturated rings. The van der Waals surface area contributed by atoms with Gasteiger partial charge in [0.1, 0.15) is 11.4 Å². The normalized spacial score (nSPS) is 15.2. The number of benzene rings is 1. The van der Waals surface area contributed by atoms with Gasteiger partial charge >= 0.3 is 0 Å². The first-order valence-corrected chi connectivity index (χ1v) is 8.50. The molecule has 0 spiro atoms. The highest BCUT2D eigenvalue weighted by Gasteiger charge is 2.33. The highest BCUT2D eigenvalue weighted by molar-refractivity contribution is 7.92. The van der Waals surface area contributed by atoms with Crippen molar-refractivity contribution in [1.82, 2.24) is 5.16 Å². The summed E-state index contributed by atoms with van der Waals surface area (Å²) < 4.78 is 33.0. The Kier molecular flexibility index (Phi) is 3.45. The summed E-state index contributed by atoms with van der Waals surface area (Å²) in [4.78, 5) is 0.203. The Bertz CT molecular complexity index is 795. The van der Waals surface area contributed by atoms with Crippen LogP contribution in [-0.4, -0.2) is 13.6 Å². The molecule has 0 atom stereocenters. The molecule has 0 radical (unpaired) electrons. The Labute approximate surface area is 128 Å². The van der Waals surface area contributed by atoms with Gasteiger partial charge in [-0.25, -0.2) is 8.42 Å². The van der Waals surface area contributed by atoms with Crippen molar-refractivity contribution >= 4 is 27.3 Å². The van der Waals surface area contributed by atoms with E-state index in [1.807, 2.05) is 0 Å². The van der Waals surface area contributed by atoms with Gasteiger partial charge in [-0.3, -0.25) is 4.72 Å². The van der Waals surface area contributed by atoms with Crippen LogP contribution in [0.4, 0.5) is 5.69 Å². The summed E-state index contributed by atoms with van der Waals surface area (Å²) in [5.41, 5.74) is 1.61. The van der Waals surface area contributed by atoms with Crippen LogP contribution in [0, 0.1) is 13.8 Å². The van der Waals surface area contributed by atoms with Gasteiger partial charge in [0.15, 0.2) is 5.76 Å². The van der Waals surface area contributed by atoms with Crippen LogP contribution in [-0.2, 0) is 10.0 Å². The van der Waals surface area contributed by atoms with E-state index in [0.29, 0.717) is 27.7 Å². The number of anilines is 1. The second kappa shape index (κ2) is 5.03. The Morgan fingerprint density at radius 3 is 2.67 bits per heavy atom. The first-order valence-electron chi connectivity index (χ1n) is 6.63. The minimum atomic E-state index is -3.69. The third-order valence-corrected chi connectivity index (χ3v) is 5.25. The Morgan fingerprint density at radius 1 is 1.33 bits per heavy atom. The van der Waals surface area contributed by atoms with Gasteiger partial charge in [0.25, 0.3) is 10.0 Å². The molecule has 5 nitrogen and oxygen atoms in total. The van der Waals surface area contributed by atoms with Crippen LogP contribution in [0.15, 0.2) is 27.6 Å². The van der Waals surface area contributed by atoms with E-state index in [1.165, 1.54) is 6.07 Å². The van der Waals surface area contributed by atoms with Crippen LogP contribution in [0.2, 0.25) is 5.02 Å². The van der Waals surface area contributed by atoms with Gasteiger partial charge in [-0.1, -0.05) is 16.8 Å². The van der Waals surface area contributed by atoms with Crippen molar-refractivity contribution in [2.24, 2.45) is 0 Å². The summed E-state index contributed by atoms with van der Waals surface area (Å²) in [6, 6.07) is 4.68. The van der Waals surface area contributed by atoms with Crippen LogP contribution >= 0.6 is 11.6 Å². The van der Waals surface area contributed by atoms with Crippen LogP contribution < -0.4 is 4.72 Å². The molecule has 1 heterocycles. The monoisotopic (exact) mass is 326 g/mol. The van der Waals surface area contributed by atoms with Gasteiger partial charge in [0.2, 0.25) is 0 Å². The SMILES string of the molecule is Cc1cc(Cl)ccc1S(=O)(=O)Nc1c(C)noc1C1CC1. The highest BCUT2D eigenvalue weighted by atomic mass is 35.5. The lowest BCUT2D eigenvalue weighted by Crippen LogP contribution is -2.15. The molecule has 7 heteroatoms.